The van der Waals surface area contributed by atoms with E-state index in [1.54, 1.807) is 36.7 Å². The lowest BCUT2D eigenvalue weighted by atomic mass is 9.94. The Labute approximate surface area is 232 Å². The van der Waals surface area contributed by atoms with Gasteiger partial charge in [-0.15, -0.1) is 0 Å². The minimum atomic E-state index is -0.861. The van der Waals surface area contributed by atoms with Crippen molar-refractivity contribution in [1.82, 2.24) is 4.90 Å². The van der Waals surface area contributed by atoms with Gasteiger partial charge in [-0.05, 0) is 59.0 Å². The van der Waals surface area contributed by atoms with Crippen molar-refractivity contribution >= 4 is 17.4 Å². The number of ether oxygens (including phenoxy) is 2. The van der Waals surface area contributed by atoms with Crippen LogP contribution in [0.4, 0.5) is 0 Å². The molecular formula is C33H28N2O5. The minimum absolute atomic E-state index is 0.0210. The molecule has 3 heterocycles. The average molecular weight is 533 g/mol. The molecule has 2 aliphatic rings. The molecule has 1 amide bonds. The summed E-state index contributed by atoms with van der Waals surface area (Å²) in [6.07, 6.45) is 4.22. The Kier molecular flexibility index (Phi) is 6.78. The molecule has 1 N–H and O–H groups in total. The summed E-state index contributed by atoms with van der Waals surface area (Å²) >= 11 is 0. The Balaban J connectivity index is 1.41. The number of nitrogens with one attached hydrogen (secondary N) is 1. The molecule has 0 saturated carbocycles. The van der Waals surface area contributed by atoms with Crippen molar-refractivity contribution < 1.29 is 29.2 Å². The number of aromatic nitrogens is 1. The van der Waals surface area contributed by atoms with Crippen LogP contribution in [-0.4, -0.2) is 22.7 Å². The minimum Gasteiger partial charge on any atom is -0.872 e. The van der Waals surface area contributed by atoms with E-state index in [0.29, 0.717) is 29.9 Å². The summed E-state index contributed by atoms with van der Waals surface area (Å²) in [5.74, 6) is -0.610. The van der Waals surface area contributed by atoms with Crippen molar-refractivity contribution in [3.05, 3.63) is 131 Å². The smallest absolute Gasteiger partial charge is 0.295 e. The lowest BCUT2D eigenvalue weighted by Crippen LogP contribution is -2.29. The number of nitrogens with zero attached hydrogens (tertiary/aromatic N) is 1. The number of carbonyl (C=O) groups excluding carboxylic acids is 2. The predicted molar refractivity (Wildman–Crippen MR) is 146 cm³/mol. The zero-order chi connectivity index (χ0) is 27.6. The first-order valence-corrected chi connectivity index (χ1v) is 13.3. The fourth-order valence-electron chi connectivity index (χ4n) is 5.34. The van der Waals surface area contributed by atoms with Crippen LogP contribution >= 0.6 is 0 Å². The van der Waals surface area contributed by atoms with Gasteiger partial charge >= 0.3 is 0 Å². The number of Topliss-reactive ketones (excluding diaryl/α,β-unsaturated/α-hetero) is 1. The highest BCUT2D eigenvalue weighted by molar-refractivity contribution is 6.46. The van der Waals surface area contributed by atoms with E-state index in [2.05, 4.69) is 4.98 Å². The SMILES string of the molecule is CC1Cc2cc(C([O-])=C3C(=O)C(=O)N(Cc4cc[nH+]cc4)C3c3cccc(OCc4ccccc4)c3)ccc2O1. The molecule has 0 aliphatic carbocycles. The van der Waals surface area contributed by atoms with Crippen LogP contribution in [0.5, 0.6) is 11.5 Å². The predicted octanol–water partition coefficient (Wildman–Crippen LogP) is 3.83. The first-order chi connectivity index (χ1) is 19.5. The van der Waals surface area contributed by atoms with Gasteiger partial charge in [0.05, 0.1) is 6.04 Å². The van der Waals surface area contributed by atoms with Crippen LogP contribution in [0.1, 0.15) is 40.8 Å². The largest absolute Gasteiger partial charge is 0.872 e. The number of H-pyrrole nitrogens is 1. The van der Waals surface area contributed by atoms with Crippen LogP contribution < -0.4 is 19.6 Å². The number of likely N-dealkylation sites (tertiary alicyclic amines) is 1. The van der Waals surface area contributed by atoms with Crippen LogP contribution in [0, 0.1) is 0 Å². The third kappa shape index (κ3) is 4.94. The summed E-state index contributed by atoms with van der Waals surface area (Å²) in [6, 6.07) is 25.1. The molecule has 6 rings (SSSR count). The van der Waals surface area contributed by atoms with Gasteiger partial charge in [0.2, 0.25) is 5.78 Å². The number of hydrogen-bond acceptors (Lipinski definition) is 5. The molecule has 2 aliphatic heterocycles. The second-order valence-corrected chi connectivity index (χ2v) is 10.1. The molecule has 1 fully saturated rings. The summed E-state index contributed by atoms with van der Waals surface area (Å²) in [7, 11) is 0. The van der Waals surface area contributed by atoms with E-state index in [-0.39, 0.29) is 18.2 Å². The number of ketones is 1. The van der Waals surface area contributed by atoms with Crippen molar-refractivity contribution in [2.45, 2.75) is 38.6 Å². The van der Waals surface area contributed by atoms with Crippen LogP contribution in [-0.2, 0) is 29.2 Å². The van der Waals surface area contributed by atoms with Gasteiger partial charge in [0.1, 0.15) is 24.2 Å². The standard InChI is InChI=1S/C33H28N2O5/c1-21-16-26-17-25(10-11-28(26)40-21)31(36)29-30(35(33(38)32(29)37)19-22-12-14-34-15-13-22)24-8-5-9-27(18-24)39-20-23-6-3-2-4-7-23/h2-15,17-18,21,30,36H,16,19-20H2,1H3. The molecular weight excluding hydrogens is 504 g/mol. The highest BCUT2D eigenvalue weighted by Gasteiger charge is 2.44. The zero-order valence-electron chi connectivity index (χ0n) is 22.0. The zero-order valence-corrected chi connectivity index (χ0v) is 22.0. The molecule has 0 bridgehead atoms. The van der Waals surface area contributed by atoms with Gasteiger partial charge in [0.15, 0.2) is 12.4 Å². The third-order valence-corrected chi connectivity index (χ3v) is 7.25. The summed E-state index contributed by atoms with van der Waals surface area (Å²) in [4.78, 5) is 31.3. The first kappa shape index (κ1) is 25.4. The molecule has 4 aromatic rings. The van der Waals surface area contributed by atoms with Crippen LogP contribution in [0.25, 0.3) is 5.76 Å². The fourth-order valence-corrected chi connectivity index (χ4v) is 5.34. The van der Waals surface area contributed by atoms with E-state index in [9.17, 15) is 14.7 Å². The van der Waals surface area contributed by atoms with Crippen molar-refractivity contribution in [3.8, 4) is 11.5 Å². The summed E-state index contributed by atoms with van der Waals surface area (Å²) < 4.78 is 11.8. The second kappa shape index (κ2) is 10.7. The average Bonchev–Trinajstić information content (AvgIpc) is 3.48. The molecule has 0 spiro atoms. The van der Waals surface area contributed by atoms with Crippen LogP contribution in [0.2, 0.25) is 0 Å². The number of carbonyl (C=O) groups is 2. The van der Waals surface area contributed by atoms with Crippen molar-refractivity contribution in [2.24, 2.45) is 0 Å². The lowest BCUT2D eigenvalue weighted by molar-refractivity contribution is -0.378. The maximum Gasteiger partial charge on any atom is 0.295 e. The van der Waals surface area contributed by atoms with E-state index in [1.807, 2.05) is 67.6 Å². The van der Waals surface area contributed by atoms with Gasteiger partial charge in [-0.25, -0.2) is 4.98 Å². The normalized spacial score (nSPS) is 19.4. The fraction of sp³-hybridized carbons (Fsp3) is 0.182. The van der Waals surface area contributed by atoms with Crippen molar-refractivity contribution in [3.63, 3.8) is 0 Å². The Bertz CT molecular complexity index is 1600. The monoisotopic (exact) mass is 532 g/mol. The molecule has 1 saturated heterocycles. The van der Waals surface area contributed by atoms with Gasteiger partial charge in [-0.2, -0.15) is 0 Å². The number of aromatic amines is 1. The topological polar surface area (TPSA) is 93.0 Å². The van der Waals surface area contributed by atoms with Gasteiger partial charge in [0, 0.05) is 30.7 Å². The number of hydrogen-bond donors (Lipinski definition) is 0. The Morgan fingerprint density at radius 1 is 0.975 bits per heavy atom. The van der Waals surface area contributed by atoms with E-state index in [1.165, 1.54) is 4.90 Å². The number of fused-ring (bicyclic) bond motifs is 1. The maximum atomic E-state index is 13.9. The van der Waals surface area contributed by atoms with E-state index < -0.39 is 23.5 Å². The summed E-state index contributed by atoms with van der Waals surface area (Å²) in [5.41, 5.74) is 3.71. The second-order valence-electron chi connectivity index (χ2n) is 10.1. The van der Waals surface area contributed by atoms with Gasteiger partial charge in [-0.1, -0.05) is 54.3 Å². The number of amides is 1. The van der Waals surface area contributed by atoms with Crippen molar-refractivity contribution in [1.29, 1.82) is 0 Å². The Morgan fingerprint density at radius 3 is 2.58 bits per heavy atom. The molecule has 7 nitrogen and oxygen atoms in total. The molecule has 7 heteroatoms. The van der Waals surface area contributed by atoms with Gasteiger partial charge in [-0.3, -0.25) is 9.59 Å². The number of rotatable bonds is 7. The van der Waals surface area contributed by atoms with E-state index in [0.717, 1.165) is 22.4 Å². The molecule has 40 heavy (non-hydrogen) atoms. The summed E-state index contributed by atoms with van der Waals surface area (Å²) in [5, 5.41) is 13.9. The number of benzene rings is 3. The molecule has 0 radical (unpaired) electrons. The van der Waals surface area contributed by atoms with Gasteiger partial charge in [0.25, 0.3) is 5.91 Å². The summed E-state index contributed by atoms with van der Waals surface area (Å²) in [6.45, 7) is 2.50. The van der Waals surface area contributed by atoms with E-state index >= 15 is 0 Å². The van der Waals surface area contributed by atoms with Crippen molar-refractivity contribution in [2.75, 3.05) is 0 Å². The lowest BCUT2D eigenvalue weighted by Gasteiger charge is -2.28. The highest BCUT2D eigenvalue weighted by Crippen LogP contribution is 2.41. The quantitative estimate of drug-likeness (QED) is 0.205. The first-order valence-electron chi connectivity index (χ1n) is 13.3. The Hall–Kier alpha value is -4.91. The highest BCUT2D eigenvalue weighted by atomic mass is 16.5. The molecule has 2 atom stereocenters. The maximum absolute atomic E-state index is 13.9. The van der Waals surface area contributed by atoms with Crippen LogP contribution in [0.3, 0.4) is 0 Å². The molecule has 200 valence electrons. The molecule has 3 aromatic carbocycles. The molecule has 2 unspecified atom stereocenters. The number of pyridine rings is 1. The van der Waals surface area contributed by atoms with E-state index in [4.69, 9.17) is 9.47 Å². The molecule has 1 aromatic heterocycles. The van der Waals surface area contributed by atoms with Gasteiger partial charge < -0.3 is 19.5 Å². The van der Waals surface area contributed by atoms with Crippen LogP contribution in [0.15, 0.2) is 103 Å². The Morgan fingerprint density at radius 2 is 1.77 bits per heavy atom. The third-order valence-electron chi connectivity index (χ3n) is 7.25.